The zero-order valence-electron chi connectivity index (χ0n) is 12.4. The number of likely N-dealkylation sites (N-methyl/N-ethyl adjacent to an activating group) is 1. The van der Waals surface area contributed by atoms with Gasteiger partial charge in [-0.2, -0.15) is 0 Å². The number of aryl methyl sites for hydroxylation is 1. The molecule has 0 bridgehead atoms. The SMILES string of the molecule is CCc1nc2c(N)cccc2n1CC(=O)N(CC)CC. The second-order valence-electron chi connectivity index (χ2n) is 4.75. The molecule has 1 aromatic heterocycles. The highest BCUT2D eigenvalue weighted by atomic mass is 16.2. The van der Waals surface area contributed by atoms with Crippen LogP contribution in [0.4, 0.5) is 5.69 Å². The zero-order valence-corrected chi connectivity index (χ0v) is 12.4. The Morgan fingerprint density at radius 2 is 2.00 bits per heavy atom. The number of aromatic nitrogens is 2. The molecule has 2 rings (SSSR count). The van der Waals surface area contributed by atoms with Crippen LogP contribution in [-0.4, -0.2) is 33.4 Å². The van der Waals surface area contributed by atoms with Gasteiger partial charge in [-0.25, -0.2) is 4.98 Å². The summed E-state index contributed by atoms with van der Waals surface area (Å²) >= 11 is 0. The Bertz CT molecular complexity index is 614. The highest BCUT2D eigenvalue weighted by Crippen LogP contribution is 2.22. The van der Waals surface area contributed by atoms with E-state index in [1.54, 1.807) is 0 Å². The number of nitrogens with zero attached hydrogens (tertiary/aromatic N) is 3. The summed E-state index contributed by atoms with van der Waals surface area (Å²) in [5.41, 5.74) is 8.34. The first kappa shape index (κ1) is 14.4. The van der Waals surface area contributed by atoms with Crippen molar-refractivity contribution >= 4 is 22.6 Å². The average Bonchev–Trinajstić information content (AvgIpc) is 2.80. The van der Waals surface area contributed by atoms with Crippen molar-refractivity contribution in [3.8, 4) is 0 Å². The fraction of sp³-hybridized carbons (Fsp3) is 0.467. The van der Waals surface area contributed by atoms with E-state index < -0.39 is 0 Å². The number of benzene rings is 1. The molecule has 0 aliphatic carbocycles. The molecule has 5 heteroatoms. The van der Waals surface area contributed by atoms with Gasteiger partial charge in [0.2, 0.25) is 5.91 Å². The van der Waals surface area contributed by atoms with Crippen LogP contribution in [0.15, 0.2) is 18.2 Å². The topological polar surface area (TPSA) is 64.1 Å². The first-order valence-corrected chi connectivity index (χ1v) is 7.13. The molecule has 1 heterocycles. The number of nitrogens with two attached hydrogens (primary N) is 1. The molecule has 5 nitrogen and oxygen atoms in total. The van der Waals surface area contributed by atoms with Gasteiger partial charge in [-0.3, -0.25) is 4.79 Å². The van der Waals surface area contributed by atoms with Crippen LogP contribution in [0.3, 0.4) is 0 Å². The number of para-hydroxylation sites is 1. The lowest BCUT2D eigenvalue weighted by atomic mass is 10.2. The van der Waals surface area contributed by atoms with Gasteiger partial charge < -0.3 is 15.2 Å². The minimum absolute atomic E-state index is 0.117. The third-order valence-electron chi connectivity index (χ3n) is 3.61. The molecule has 0 saturated heterocycles. The molecule has 0 atom stereocenters. The first-order chi connectivity index (χ1) is 9.62. The minimum atomic E-state index is 0.117. The first-order valence-electron chi connectivity index (χ1n) is 7.13. The number of hydrogen-bond acceptors (Lipinski definition) is 3. The molecule has 2 N–H and O–H groups in total. The Morgan fingerprint density at radius 1 is 1.30 bits per heavy atom. The zero-order chi connectivity index (χ0) is 14.7. The van der Waals surface area contributed by atoms with Gasteiger partial charge in [0.15, 0.2) is 0 Å². The number of carbonyl (C=O) groups is 1. The van der Waals surface area contributed by atoms with E-state index in [1.165, 1.54) is 0 Å². The maximum absolute atomic E-state index is 12.3. The molecule has 0 saturated carbocycles. The normalized spacial score (nSPS) is 10.9. The Morgan fingerprint density at radius 3 is 2.60 bits per heavy atom. The molecule has 108 valence electrons. The molecule has 20 heavy (non-hydrogen) atoms. The van der Waals surface area contributed by atoms with E-state index >= 15 is 0 Å². The van der Waals surface area contributed by atoms with Crippen LogP contribution in [0, 0.1) is 0 Å². The van der Waals surface area contributed by atoms with Gasteiger partial charge in [0, 0.05) is 19.5 Å². The van der Waals surface area contributed by atoms with Crippen LogP contribution >= 0.6 is 0 Å². The number of rotatable bonds is 5. The molecule has 0 unspecified atom stereocenters. The number of amides is 1. The molecule has 1 aromatic carbocycles. The molecule has 0 aliphatic heterocycles. The average molecular weight is 274 g/mol. The van der Waals surface area contributed by atoms with Gasteiger partial charge in [-0.1, -0.05) is 13.0 Å². The molecule has 0 spiro atoms. The van der Waals surface area contributed by atoms with Gasteiger partial charge in [-0.05, 0) is 26.0 Å². The van der Waals surface area contributed by atoms with Gasteiger partial charge in [0.05, 0.1) is 11.2 Å². The van der Waals surface area contributed by atoms with Crippen LogP contribution < -0.4 is 5.73 Å². The van der Waals surface area contributed by atoms with Crippen molar-refractivity contribution in [3.05, 3.63) is 24.0 Å². The monoisotopic (exact) mass is 274 g/mol. The standard InChI is InChI=1S/C15H22N4O/c1-4-13-17-15-11(16)8-7-9-12(15)19(13)10-14(20)18(5-2)6-3/h7-9H,4-6,10,16H2,1-3H3. The van der Waals surface area contributed by atoms with Crippen molar-refractivity contribution in [3.63, 3.8) is 0 Å². The lowest BCUT2D eigenvalue weighted by Gasteiger charge is -2.19. The van der Waals surface area contributed by atoms with Crippen molar-refractivity contribution in [2.75, 3.05) is 18.8 Å². The number of anilines is 1. The summed E-state index contributed by atoms with van der Waals surface area (Å²) < 4.78 is 1.98. The van der Waals surface area contributed by atoms with E-state index in [0.717, 1.165) is 36.4 Å². The highest BCUT2D eigenvalue weighted by molar-refractivity contribution is 5.89. The Hall–Kier alpha value is -2.04. The molecular formula is C15H22N4O. The van der Waals surface area contributed by atoms with Gasteiger partial charge in [0.25, 0.3) is 0 Å². The van der Waals surface area contributed by atoms with E-state index in [9.17, 15) is 4.79 Å². The maximum atomic E-state index is 12.3. The Labute approximate surface area is 119 Å². The Balaban J connectivity index is 2.43. The predicted molar refractivity (Wildman–Crippen MR) is 81.5 cm³/mol. The summed E-state index contributed by atoms with van der Waals surface area (Å²) in [6.45, 7) is 7.80. The van der Waals surface area contributed by atoms with E-state index in [4.69, 9.17) is 5.73 Å². The molecule has 0 fully saturated rings. The fourth-order valence-electron chi connectivity index (χ4n) is 2.47. The third-order valence-corrected chi connectivity index (χ3v) is 3.61. The number of hydrogen-bond donors (Lipinski definition) is 1. The van der Waals surface area contributed by atoms with Gasteiger partial charge in [-0.15, -0.1) is 0 Å². The second-order valence-corrected chi connectivity index (χ2v) is 4.75. The van der Waals surface area contributed by atoms with Crippen molar-refractivity contribution in [2.45, 2.75) is 33.7 Å². The van der Waals surface area contributed by atoms with E-state index in [-0.39, 0.29) is 5.91 Å². The largest absolute Gasteiger partial charge is 0.397 e. The van der Waals surface area contributed by atoms with Gasteiger partial charge >= 0.3 is 0 Å². The summed E-state index contributed by atoms with van der Waals surface area (Å²) in [4.78, 5) is 18.7. The van der Waals surface area contributed by atoms with E-state index in [0.29, 0.717) is 12.2 Å². The lowest BCUT2D eigenvalue weighted by molar-refractivity contribution is -0.131. The summed E-state index contributed by atoms with van der Waals surface area (Å²) in [6.07, 6.45) is 0.777. The number of imidazole rings is 1. The lowest BCUT2D eigenvalue weighted by Crippen LogP contribution is -2.33. The molecule has 0 aliphatic rings. The number of carbonyl (C=O) groups excluding carboxylic acids is 1. The Kier molecular flexibility index (Phi) is 4.27. The molecular weight excluding hydrogens is 252 g/mol. The van der Waals surface area contributed by atoms with Crippen molar-refractivity contribution < 1.29 is 4.79 Å². The van der Waals surface area contributed by atoms with Crippen molar-refractivity contribution in [1.82, 2.24) is 14.5 Å². The number of fused-ring (bicyclic) bond motifs is 1. The summed E-state index contributed by atoms with van der Waals surface area (Å²) in [5.74, 6) is 1.02. The van der Waals surface area contributed by atoms with Crippen molar-refractivity contribution in [1.29, 1.82) is 0 Å². The van der Waals surface area contributed by atoms with Crippen molar-refractivity contribution in [2.24, 2.45) is 0 Å². The number of nitrogen functional groups attached to an aromatic ring is 1. The fourth-order valence-corrected chi connectivity index (χ4v) is 2.47. The smallest absolute Gasteiger partial charge is 0.242 e. The summed E-state index contributed by atoms with van der Waals surface area (Å²) in [5, 5.41) is 0. The molecule has 2 aromatic rings. The quantitative estimate of drug-likeness (QED) is 0.849. The van der Waals surface area contributed by atoms with Crippen LogP contribution in [0.1, 0.15) is 26.6 Å². The van der Waals surface area contributed by atoms with Gasteiger partial charge in [0.1, 0.15) is 17.9 Å². The van der Waals surface area contributed by atoms with E-state index in [2.05, 4.69) is 4.98 Å². The molecule has 0 radical (unpaired) electrons. The van der Waals surface area contributed by atoms with Crippen LogP contribution in [0.2, 0.25) is 0 Å². The molecule has 1 amide bonds. The third kappa shape index (κ3) is 2.48. The second kappa shape index (κ2) is 5.94. The van der Waals surface area contributed by atoms with Crippen LogP contribution in [0.25, 0.3) is 11.0 Å². The predicted octanol–water partition coefficient (Wildman–Crippen LogP) is 2.05. The highest BCUT2D eigenvalue weighted by Gasteiger charge is 2.16. The van der Waals surface area contributed by atoms with Crippen LogP contribution in [0.5, 0.6) is 0 Å². The van der Waals surface area contributed by atoms with E-state index in [1.807, 2.05) is 48.4 Å². The minimum Gasteiger partial charge on any atom is -0.397 e. The maximum Gasteiger partial charge on any atom is 0.242 e. The van der Waals surface area contributed by atoms with Crippen LogP contribution in [-0.2, 0) is 17.8 Å². The summed E-state index contributed by atoms with van der Waals surface area (Å²) in [7, 11) is 0. The summed E-state index contributed by atoms with van der Waals surface area (Å²) in [6, 6.07) is 5.70.